The molecule has 0 heterocycles. The van der Waals surface area contributed by atoms with Gasteiger partial charge in [-0.3, -0.25) is 4.79 Å². The van der Waals surface area contributed by atoms with E-state index in [1.807, 2.05) is 36.4 Å². The van der Waals surface area contributed by atoms with Crippen molar-refractivity contribution in [3.63, 3.8) is 0 Å². The quantitative estimate of drug-likeness (QED) is 0.281. The van der Waals surface area contributed by atoms with Gasteiger partial charge in [0.2, 0.25) is 5.91 Å². The zero-order valence-electron chi connectivity index (χ0n) is 14.4. The molecule has 0 unspecified atom stereocenters. The lowest BCUT2D eigenvalue weighted by Gasteiger charge is -2.12. The van der Waals surface area contributed by atoms with Crippen molar-refractivity contribution in [2.75, 3.05) is 10.6 Å². The van der Waals surface area contributed by atoms with E-state index in [1.165, 1.54) is 19.3 Å². The Bertz CT molecular complexity index is 709. The summed E-state index contributed by atoms with van der Waals surface area (Å²) in [4.78, 5) is 14.3. The number of anilines is 1. The van der Waals surface area contributed by atoms with Crippen LogP contribution >= 0.6 is 50.9 Å². The molecule has 0 radical (unpaired) electrons. The third kappa shape index (κ3) is 7.91. The van der Waals surface area contributed by atoms with Crippen molar-refractivity contribution in [1.82, 2.24) is 0 Å². The maximum Gasteiger partial charge on any atom is 0.224 e. The summed E-state index contributed by atoms with van der Waals surface area (Å²) in [7, 11) is 0. The molecule has 0 saturated heterocycles. The number of hydrogen-bond donors (Lipinski definition) is 1. The number of alkyl halides is 1. The molecule has 0 aliphatic heterocycles. The Morgan fingerprint density at radius 1 is 0.923 bits per heavy atom. The Morgan fingerprint density at radius 3 is 2.31 bits per heavy atom. The van der Waals surface area contributed by atoms with E-state index in [1.54, 1.807) is 17.8 Å². The van der Waals surface area contributed by atoms with Crippen LogP contribution in [0.2, 0.25) is 10.0 Å². The smallest absolute Gasteiger partial charge is 0.224 e. The Kier molecular flexibility index (Phi) is 9.91. The van der Waals surface area contributed by atoms with Gasteiger partial charge in [-0.15, -0.1) is 0 Å². The Hall–Kier alpha value is -0.680. The summed E-state index contributed by atoms with van der Waals surface area (Å²) in [5.74, 6) is 0.0331. The van der Waals surface area contributed by atoms with Gasteiger partial charge in [-0.25, -0.2) is 0 Å². The number of hydrogen-bond acceptors (Lipinski definition) is 2. The van der Waals surface area contributed by atoms with Gasteiger partial charge in [0.15, 0.2) is 0 Å². The van der Waals surface area contributed by atoms with Gasteiger partial charge >= 0.3 is 0 Å². The van der Waals surface area contributed by atoms with Crippen LogP contribution in [0.1, 0.15) is 38.5 Å². The molecule has 2 aromatic carbocycles. The van der Waals surface area contributed by atoms with Gasteiger partial charge in [-0.05, 0) is 55.3 Å². The van der Waals surface area contributed by atoms with E-state index in [-0.39, 0.29) is 5.91 Å². The first-order valence-corrected chi connectivity index (χ1v) is 11.4. The zero-order valence-corrected chi connectivity index (χ0v) is 18.4. The second kappa shape index (κ2) is 11.9. The van der Waals surface area contributed by atoms with Crippen LogP contribution in [-0.2, 0) is 4.79 Å². The van der Waals surface area contributed by atoms with Crippen LogP contribution in [-0.4, -0.2) is 11.2 Å². The number of carbonyl (C=O) groups excluding carboxylic acids is 1. The summed E-state index contributed by atoms with van der Waals surface area (Å²) < 4.78 is 0. The van der Waals surface area contributed by atoms with Gasteiger partial charge in [0.25, 0.3) is 0 Å². The van der Waals surface area contributed by atoms with Crippen LogP contribution in [0.5, 0.6) is 0 Å². The molecule has 0 aliphatic carbocycles. The zero-order chi connectivity index (χ0) is 18.8. The van der Waals surface area contributed by atoms with E-state index in [4.69, 9.17) is 23.2 Å². The highest BCUT2D eigenvalue weighted by Gasteiger charge is 2.09. The van der Waals surface area contributed by atoms with Crippen LogP contribution < -0.4 is 5.32 Å². The second-order valence-electron chi connectivity index (χ2n) is 5.95. The minimum atomic E-state index is 0.0331. The number of carbonyl (C=O) groups is 1. The van der Waals surface area contributed by atoms with Crippen LogP contribution in [0.3, 0.4) is 0 Å². The van der Waals surface area contributed by atoms with Crippen molar-refractivity contribution in [1.29, 1.82) is 0 Å². The molecule has 140 valence electrons. The summed E-state index contributed by atoms with van der Waals surface area (Å²) in [6.45, 7) is 0. The predicted molar refractivity (Wildman–Crippen MR) is 117 cm³/mol. The SMILES string of the molecule is O=C(CCCCCCCBr)Nc1cc(Cl)ccc1Sc1ccc(Cl)cc1. The average Bonchev–Trinajstić information content (AvgIpc) is 2.62. The average molecular weight is 475 g/mol. The second-order valence-corrected chi connectivity index (χ2v) is 8.73. The van der Waals surface area contributed by atoms with E-state index in [9.17, 15) is 4.79 Å². The summed E-state index contributed by atoms with van der Waals surface area (Å²) in [6, 6.07) is 13.2. The highest BCUT2D eigenvalue weighted by molar-refractivity contribution is 9.09. The lowest BCUT2D eigenvalue weighted by Crippen LogP contribution is -2.11. The number of rotatable bonds is 10. The predicted octanol–water partition coefficient (Wildman–Crippen LogP) is 7.82. The lowest BCUT2D eigenvalue weighted by molar-refractivity contribution is -0.116. The number of unbranched alkanes of at least 4 members (excludes halogenated alkanes) is 4. The molecule has 26 heavy (non-hydrogen) atoms. The number of amides is 1. The van der Waals surface area contributed by atoms with Crippen LogP contribution in [0.4, 0.5) is 5.69 Å². The van der Waals surface area contributed by atoms with Gasteiger partial charge in [0.1, 0.15) is 0 Å². The fourth-order valence-electron chi connectivity index (χ4n) is 2.44. The fourth-order valence-corrected chi connectivity index (χ4v) is 4.02. The largest absolute Gasteiger partial charge is 0.325 e. The van der Waals surface area contributed by atoms with E-state index in [0.29, 0.717) is 16.5 Å². The highest BCUT2D eigenvalue weighted by Crippen LogP contribution is 2.35. The standard InChI is InChI=1S/C20H22BrCl2NOS/c21-13-5-3-1-2-4-6-20(25)24-18-14-16(23)9-12-19(18)26-17-10-7-15(22)8-11-17/h7-12,14H,1-6,13H2,(H,24,25). The molecule has 2 aromatic rings. The van der Waals surface area contributed by atoms with Gasteiger partial charge in [-0.2, -0.15) is 0 Å². The first-order chi connectivity index (χ1) is 12.6. The van der Waals surface area contributed by atoms with Gasteiger partial charge in [0.05, 0.1) is 5.69 Å². The molecule has 6 heteroatoms. The molecule has 2 rings (SSSR count). The lowest BCUT2D eigenvalue weighted by atomic mass is 10.1. The van der Waals surface area contributed by atoms with Crippen LogP contribution in [0.15, 0.2) is 52.3 Å². The first kappa shape index (κ1) is 21.6. The van der Waals surface area contributed by atoms with Gasteiger partial charge in [-0.1, -0.05) is 70.2 Å². The fraction of sp³-hybridized carbons (Fsp3) is 0.350. The van der Waals surface area contributed by atoms with E-state index in [0.717, 1.165) is 33.7 Å². The van der Waals surface area contributed by atoms with E-state index >= 15 is 0 Å². The molecule has 0 spiro atoms. The van der Waals surface area contributed by atoms with Gasteiger partial charge < -0.3 is 5.32 Å². The van der Waals surface area contributed by atoms with Crippen molar-refractivity contribution < 1.29 is 4.79 Å². The minimum absolute atomic E-state index is 0.0331. The highest BCUT2D eigenvalue weighted by atomic mass is 79.9. The number of halogens is 3. The molecule has 0 atom stereocenters. The van der Waals surface area contributed by atoms with Crippen molar-refractivity contribution in [2.45, 2.75) is 48.3 Å². The molecule has 0 aliphatic rings. The third-order valence-electron chi connectivity index (χ3n) is 3.79. The summed E-state index contributed by atoms with van der Waals surface area (Å²) >= 11 is 17.1. The molecule has 1 N–H and O–H groups in total. The van der Waals surface area contributed by atoms with Crippen molar-refractivity contribution >= 4 is 62.5 Å². The molecular weight excluding hydrogens is 453 g/mol. The number of nitrogens with one attached hydrogen (secondary N) is 1. The molecule has 1 amide bonds. The van der Waals surface area contributed by atoms with Crippen LogP contribution in [0, 0.1) is 0 Å². The summed E-state index contributed by atoms with van der Waals surface area (Å²) in [5.41, 5.74) is 0.752. The topological polar surface area (TPSA) is 29.1 Å². The molecule has 0 aromatic heterocycles. The first-order valence-electron chi connectivity index (χ1n) is 8.67. The number of benzene rings is 2. The summed E-state index contributed by atoms with van der Waals surface area (Å²) in [6.07, 6.45) is 6.11. The summed E-state index contributed by atoms with van der Waals surface area (Å²) in [5, 5.41) is 5.37. The normalized spacial score (nSPS) is 10.7. The molecule has 0 saturated carbocycles. The maximum absolute atomic E-state index is 12.3. The molecule has 2 nitrogen and oxygen atoms in total. The Labute approximate surface area is 178 Å². The Morgan fingerprint density at radius 2 is 1.58 bits per heavy atom. The van der Waals surface area contributed by atoms with Crippen molar-refractivity contribution in [3.05, 3.63) is 52.5 Å². The van der Waals surface area contributed by atoms with Crippen molar-refractivity contribution in [2.24, 2.45) is 0 Å². The van der Waals surface area contributed by atoms with Crippen molar-refractivity contribution in [3.8, 4) is 0 Å². The molecular formula is C20H22BrCl2NOS. The minimum Gasteiger partial charge on any atom is -0.325 e. The monoisotopic (exact) mass is 473 g/mol. The van der Waals surface area contributed by atoms with Gasteiger partial charge in [0, 0.05) is 31.6 Å². The van der Waals surface area contributed by atoms with Crippen LogP contribution in [0.25, 0.3) is 0 Å². The van der Waals surface area contributed by atoms with E-state index in [2.05, 4.69) is 21.2 Å². The van der Waals surface area contributed by atoms with E-state index < -0.39 is 0 Å². The maximum atomic E-state index is 12.3. The molecule has 0 bridgehead atoms. The third-order valence-corrected chi connectivity index (χ3v) is 5.93. The Balaban J connectivity index is 1.92. The molecule has 0 fully saturated rings.